The second kappa shape index (κ2) is 8.87. The zero-order valence-corrected chi connectivity index (χ0v) is 13.1. The van der Waals surface area contributed by atoms with Crippen LogP contribution < -0.4 is 11.1 Å². The minimum atomic E-state index is -0.796. The number of hydrogen-bond donors (Lipinski definition) is 3. The summed E-state index contributed by atoms with van der Waals surface area (Å²) in [6, 6.07) is 5.63. The molecule has 1 aromatic rings. The average molecular weight is 379 g/mol. The number of aliphatic hydroxyl groups excluding tert-OH is 1. The molecule has 4 nitrogen and oxygen atoms in total. The monoisotopic (exact) mass is 379 g/mol. The molecule has 1 atom stereocenters. The molecule has 1 rings (SSSR count). The highest BCUT2D eigenvalue weighted by Gasteiger charge is 2.06. The summed E-state index contributed by atoms with van der Waals surface area (Å²) in [7, 11) is 0. The largest absolute Gasteiger partial charge is 0.386 e. The molecule has 0 spiro atoms. The predicted molar refractivity (Wildman–Crippen MR) is 86.1 cm³/mol. The first kappa shape index (κ1) is 17.8. The van der Waals surface area contributed by atoms with E-state index in [0.717, 1.165) is 5.57 Å². The Morgan fingerprint density at radius 3 is 2.58 bits per heavy atom. The normalized spacial score (nSPS) is 12.5. The van der Waals surface area contributed by atoms with E-state index in [1.165, 1.54) is 24.3 Å². The molecule has 0 aliphatic rings. The van der Waals surface area contributed by atoms with Gasteiger partial charge in [0.2, 0.25) is 0 Å². The third kappa shape index (κ3) is 7.12. The molecule has 0 fully saturated rings. The number of nitrogens with two attached hydrogens (primary N) is 1. The van der Waals surface area contributed by atoms with E-state index in [1.54, 1.807) is 0 Å². The van der Waals surface area contributed by atoms with E-state index in [9.17, 15) is 9.50 Å². The van der Waals surface area contributed by atoms with Crippen molar-refractivity contribution in [2.75, 3.05) is 13.1 Å². The number of nitrogens with zero attached hydrogens (tertiary/aromatic N) is 1. The van der Waals surface area contributed by atoms with E-state index in [1.807, 2.05) is 6.92 Å². The van der Waals surface area contributed by atoms with Crippen molar-refractivity contribution in [2.24, 2.45) is 10.7 Å². The zero-order chi connectivity index (χ0) is 13.5. The van der Waals surface area contributed by atoms with Gasteiger partial charge in [-0.25, -0.2) is 4.39 Å². The maximum Gasteiger partial charge on any atom is 0.188 e. The molecule has 1 aromatic carbocycles. The van der Waals surface area contributed by atoms with Gasteiger partial charge >= 0.3 is 0 Å². The summed E-state index contributed by atoms with van der Waals surface area (Å²) in [6.07, 6.45) is -0.796. The highest BCUT2D eigenvalue weighted by atomic mass is 127. The first-order valence-corrected chi connectivity index (χ1v) is 5.60. The van der Waals surface area contributed by atoms with Crippen molar-refractivity contribution in [1.29, 1.82) is 0 Å². The molecule has 1 unspecified atom stereocenters. The number of hydrogen-bond acceptors (Lipinski definition) is 2. The smallest absolute Gasteiger partial charge is 0.188 e. The maximum atomic E-state index is 12.7. The lowest BCUT2D eigenvalue weighted by Crippen LogP contribution is -2.33. The molecule has 19 heavy (non-hydrogen) atoms. The number of benzene rings is 1. The highest BCUT2D eigenvalue weighted by Crippen LogP contribution is 2.13. The lowest BCUT2D eigenvalue weighted by Gasteiger charge is -2.09. The third-order valence-electron chi connectivity index (χ3n) is 2.26. The topological polar surface area (TPSA) is 70.6 Å². The summed E-state index contributed by atoms with van der Waals surface area (Å²) in [4.78, 5) is 3.99. The summed E-state index contributed by atoms with van der Waals surface area (Å²) in [5.41, 5.74) is 7.14. The summed E-state index contributed by atoms with van der Waals surface area (Å²) in [5, 5.41) is 12.7. The standard InChI is InChI=1S/C13H18FN3O.HI/c1-9(2)7-16-13(15)17-8-12(18)10-3-5-11(14)6-4-10;/h3-6,12,18H,1,7-8H2,2H3,(H3,15,16,17);1H. The summed E-state index contributed by atoms with van der Waals surface area (Å²) >= 11 is 0. The molecule has 0 aliphatic carbocycles. The molecule has 0 amide bonds. The maximum absolute atomic E-state index is 12.7. The van der Waals surface area contributed by atoms with Crippen LogP contribution in [0.25, 0.3) is 0 Å². The molecular weight excluding hydrogens is 360 g/mol. The molecule has 0 saturated heterocycles. The molecule has 0 saturated carbocycles. The van der Waals surface area contributed by atoms with Crippen molar-refractivity contribution in [3.63, 3.8) is 0 Å². The highest BCUT2D eigenvalue weighted by molar-refractivity contribution is 14.0. The molecule has 4 N–H and O–H groups in total. The van der Waals surface area contributed by atoms with Gasteiger partial charge in [0.25, 0.3) is 0 Å². The summed E-state index contributed by atoms with van der Waals surface area (Å²) < 4.78 is 12.7. The van der Waals surface area contributed by atoms with E-state index in [-0.39, 0.29) is 42.3 Å². The number of halogens is 2. The Morgan fingerprint density at radius 1 is 1.47 bits per heavy atom. The van der Waals surface area contributed by atoms with Crippen molar-refractivity contribution in [2.45, 2.75) is 13.0 Å². The lowest BCUT2D eigenvalue weighted by molar-refractivity contribution is 0.187. The summed E-state index contributed by atoms with van der Waals surface area (Å²) in [6.45, 7) is 6.26. The van der Waals surface area contributed by atoms with E-state index in [0.29, 0.717) is 12.1 Å². The van der Waals surface area contributed by atoms with E-state index in [4.69, 9.17) is 5.73 Å². The van der Waals surface area contributed by atoms with Gasteiger partial charge in [0.05, 0.1) is 12.6 Å². The number of rotatable bonds is 5. The van der Waals surface area contributed by atoms with Gasteiger partial charge in [-0.05, 0) is 24.6 Å². The van der Waals surface area contributed by atoms with Crippen LogP contribution in [0.2, 0.25) is 0 Å². The van der Waals surface area contributed by atoms with Crippen LogP contribution >= 0.6 is 24.0 Å². The molecule has 0 aliphatic heterocycles. The van der Waals surface area contributed by atoms with Crippen molar-refractivity contribution < 1.29 is 9.50 Å². The van der Waals surface area contributed by atoms with Crippen LogP contribution in [-0.4, -0.2) is 24.2 Å². The first-order valence-electron chi connectivity index (χ1n) is 5.60. The van der Waals surface area contributed by atoms with E-state index < -0.39 is 6.10 Å². The van der Waals surface area contributed by atoms with Gasteiger partial charge < -0.3 is 16.2 Å². The molecule has 0 bridgehead atoms. The number of aliphatic imine (C=N–C) groups is 1. The predicted octanol–water partition coefficient (Wildman–Crippen LogP) is 1.96. The number of guanidine groups is 1. The van der Waals surface area contributed by atoms with Crippen LogP contribution in [0, 0.1) is 5.82 Å². The molecule has 6 heteroatoms. The van der Waals surface area contributed by atoms with Gasteiger partial charge in [0.1, 0.15) is 5.82 Å². The van der Waals surface area contributed by atoms with Crippen LogP contribution in [0.5, 0.6) is 0 Å². The van der Waals surface area contributed by atoms with Crippen LogP contribution in [0.4, 0.5) is 4.39 Å². The Kier molecular flexibility index (Phi) is 8.33. The van der Waals surface area contributed by atoms with Crippen LogP contribution in [0.15, 0.2) is 41.4 Å². The molecule has 0 radical (unpaired) electrons. The van der Waals surface area contributed by atoms with Gasteiger partial charge in [-0.3, -0.25) is 4.99 Å². The Hall–Kier alpha value is -1.15. The van der Waals surface area contributed by atoms with E-state index >= 15 is 0 Å². The van der Waals surface area contributed by atoms with Crippen LogP contribution in [-0.2, 0) is 0 Å². The average Bonchev–Trinajstić information content (AvgIpc) is 2.34. The molecule has 106 valence electrons. The van der Waals surface area contributed by atoms with Crippen LogP contribution in [0.1, 0.15) is 18.6 Å². The Morgan fingerprint density at radius 2 is 2.05 bits per heavy atom. The van der Waals surface area contributed by atoms with E-state index in [2.05, 4.69) is 16.9 Å². The minimum absolute atomic E-state index is 0. The van der Waals surface area contributed by atoms with Crippen molar-refractivity contribution in [3.05, 3.63) is 47.8 Å². The Bertz CT molecular complexity index is 434. The number of aliphatic hydroxyl groups is 1. The molecule has 0 heterocycles. The van der Waals surface area contributed by atoms with Crippen LogP contribution in [0.3, 0.4) is 0 Å². The van der Waals surface area contributed by atoms with Gasteiger partial charge in [-0.2, -0.15) is 0 Å². The fraction of sp³-hybridized carbons (Fsp3) is 0.308. The second-order valence-corrected chi connectivity index (χ2v) is 4.10. The third-order valence-corrected chi connectivity index (χ3v) is 2.26. The first-order chi connectivity index (χ1) is 8.49. The van der Waals surface area contributed by atoms with Crippen molar-refractivity contribution in [1.82, 2.24) is 5.32 Å². The van der Waals surface area contributed by atoms with Gasteiger partial charge in [0, 0.05) is 6.54 Å². The molecule has 0 aromatic heterocycles. The van der Waals surface area contributed by atoms with Gasteiger partial charge in [-0.1, -0.05) is 24.3 Å². The number of nitrogens with one attached hydrogen (secondary N) is 1. The van der Waals surface area contributed by atoms with Crippen molar-refractivity contribution in [3.8, 4) is 0 Å². The van der Waals surface area contributed by atoms with Gasteiger partial charge in [0.15, 0.2) is 5.96 Å². The SMILES string of the molecule is C=C(C)CNC(N)=NCC(O)c1ccc(F)cc1.I. The fourth-order valence-corrected chi connectivity index (χ4v) is 1.27. The zero-order valence-electron chi connectivity index (χ0n) is 10.8. The van der Waals surface area contributed by atoms with Gasteiger partial charge in [-0.15, -0.1) is 24.0 Å². The molecular formula is C13H19FIN3O. The second-order valence-electron chi connectivity index (χ2n) is 4.10. The quantitative estimate of drug-likeness (QED) is 0.317. The Labute approximate surface area is 129 Å². The van der Waals surface area contributed by atoms with Crippen molar-refractivity contribution >= 4 is 29.9 Å². The fourth-order valence-electron chi connectivity index (χ4n) is 1.27. The summed E-state index contributed by atoms with van der Waals surface area (Å²) in [5.74, 6) is -0.0868. The Balaban J connectivity index is 0.00000324. The lowest BCUT2D eigenvalue weighted by atomic mass is 10.1. The minimum Gasteiger partial charge on any atom is -0.386 e.